The molecular weight excluding hydrogens is 398 g/mol. The van der Waals surface area contributed by atoms with Crippen molar-refractivity contribution in [2.24, 2.45) is 0 Å². The minimum Gasteiger partial charge on any atom is -0.507 e. The van der Waals surface area contributed by atoms with Crippen LogP contribution < -0.4 is 0 Å². The average Bonchev–Trinajstić information content (AvgIpc) is 3.02. The van der Waals surface area contributed by atoms with Gasteiger partial charge in [0.25, 0.3) is 11.7 Å². The Morgan fingerprint density at radius 1 is 1.00 bits per heavy atom. The zero-order valence-corrected chi connectivity index (χ0v) is 17.4. The molecule has 1 atom stereocenters. The highest BCUT2D eigenvalue weighted by molar-refractivity contribution is 6.46. The number of Topliss-reactive ketones (excluding diaryl/α,β-unsaturated/α-hetero) is 1. The highest BCUT2D eigenvalue weighted by Gasteiger charge is 2.46. The Morgan fingerprint density at radius 3 is 2.43 bits per heavy atom. The molecule has 1 heterocycles. The third-order valence-corrected chi connectivity index (χ3v) is 5.78. The molecule has 4 nitrogen and oxygen atoms in total. The zero-order chi connectivity index (χ0) is 21.3. The SMILES string of the molecule is CCCCN1C(=O)C(=O)/C(=C(\O)c2ccc(Cl)cc2)C1c1cccc2ccccc12. The summed E-state index contributed by atoms with van der Waals surface area (Å²) in [5.41, 5.74) is 1.41. The lowest BCUT2D eigenvalue weighted by molar-refractivity contribution is -0.139. The average molecular weight is 420 g/mol. The summed E-state index contributed by atoms with van der Waals surface area (Å²) in [5, 5.41) is 13.6. The summed E-state index contributed by atoms with van der Waals surface area (Å²) < 4.78 is 0. The lowest BCUT2D eigenvalue weighted by atomic mass is 9.91. The number of hydrogen-bond donors (Lipinski definition) is 1. The topological polar surface area (TPSA) is 57.6 Å². The number of aliphatic hydroxyl groups is 1. The van der Waals surface area contributed by atoms with Crippen molar-refractivity contribution in [2.75, 3.05) is 6.54 Å². The number of benzene rings is 3. The maximum atomic E-state index is 13.0. The van der Waals surface area contributed by atoms with Crippen molar-refractivity contribution in [1.82, 2.24) is 4.90 Å². The van der Waals surface area contributed by atoms with Crippen molar-refractivity contribution < 1.29 is 14.7 Å². The van der Waals surface area contributed by atoms with Crippen LogP contribution in [0.15, 0.2) is 72.3 Å². The molecule has 152 valence electrons. The first kappa shape index (κ1) is 20.2. The molecule has 0 saturated carbocycles. The molecule has 0 radical (unpaired) electrons. The van der Waals surface area contributed by atoms with Gasteiger partial charge in [-0.15, -0.1) is 0 Å². The summed E-state index contributed by atoms with van der Waals surface area (Å²) in [4.78, 5) is 27.6. The third-order valence-electron chi connectivity index (χ3n) is 5.53. The zero-order valence-electron chi connectivity index (χ0n) is 16.6. The van der Waals surface area contributed by atoms with Crippen molar-refractivity contribution in [3.8, 4) is 0 Å². The van der Waals surface area contributed by atoms with E-state index in [9.17, 15) is 14.7 Å². The molecule has 3 aromatic carbocycles. The second kappa shape index (κ2) is 8.33. The number of amides is 1. The second-order valence-electron chi connectivity index (χ2n) is 7.42. The molecule has 1 fully saturated rings. The van der Waals surface area contributed by atoms with Gasteiger partial charge in [-0.3, -0.25) is 9.59 Å². The number of carbonyl (C=O) groups is 2. The van der Waals surface area contributed by atoms with Gasteiger partial charge in [-0.1, -0.05) is 67.4 Å². The summed E-state index contributed by atoms with van der Waals surface area (Å²) in [6.45, 7) is 2.49. The van der Waals surface area contributed by atoms with Crippen LogP contribution in [0, 0.1) is 0 Å². The first-order valence-corrected chi connectivity index (χ1v) is 10.4. The molecule has 3 aromatic rings. The van der Waals surface area contributed by atoms with E-state index in [4.69, 9.17) is 11.6 Å². The number of hydrogen-bond acceptors (Lipinski definition) is 3. The normalized spacial score (nSPS) is 18.3. The van der Waals surface area contributed by atoms with Gasteiger partial charge in [-0.2, -0.15) is 0 Å². The van der Waals surface area contributed by atoms with Gasteiger partial charge in [0.1, 0.15) is 5.76 Å². The number of nitrogens with zero attached hydrogens (tertiary/aromatic N) is 1. The monoisotopic (exact) mass is 419 g/mol. The van der Waals surface area contributed by atoms with E-state index < -0.39 is 17.7 Å². The molecule has 1 aliphatic heterocycles. The first-order valence-electron chi connectivity index (χ1n) is 10.0. The summed E-state index contributed by atoms with van der Waals surface area (Å²) in [6.07, 6.45) is 1.66. The fourth-order valence-corrected chi connectivity index (χ4v) is 4.14. The fraction of sp³-hybridized carbons (Fsp3) is 0.200. The Bertz CT molecular complexity index is 1150. The highest BCUT2D eigenvalue weighted by Crippen LogP contribution is 2.42. The van der Waals surface area contributed by atoms with Crippen molar-refractivity contribution in [3.05, 3.63) is 88.5 Å². The number of unbranched alkanes of at least 4 members (excludes halogenated alkanes) is 1. The van der Waals surface area contributed by atoms with E-state index in [2.05, 4.69) is 0 Å². The largest absolute Gasteiger partial charge is 0.507 e. The number of ketones is 1. The maximum absolute atomic E-state index is 13.0. The van der Waals surface area contributed by atoms with Gasteiger partial charge in [0, 0.05) is 17.1 Å². The van der Waals surface area contributed by atoms with Gasteiger partial charge in [0.2, 0.25) is 0 Å². The number of aliphatic hydroxyl groups excluding tert-OH is 1. The van der Waals surface area contributed by atoms with E-state index in [1.54, 1.807) is 29.2 Å². The van der Waals surface area contributed by atoms with Crippen LogP contribution in [-0.4, -0.2) is 28.2 Å². The molecule has 30 heavy (non-hydrogen) atoms. The molecule has 0 bridgehead atoms. The molecule has 1 N–H and O–H groups in total. The minimum absolute atomic E-state index is 0.120. The molecule has 1 unspecified atom stereocenters. The fourth-order valence-electron chi connectivity index (χ4n) is 4.01. The molecule has 0 aliphatic carbocycles. The molecular formula is C25H22ClNO3. The maximum Gasteiger partial charge on any atom is 0.295 e. The van der Waals surface area contributed by atoms with Crippen molar-refractivity contribution >= 4 is 39.8 Å². The Labute approximate surface area is 180 Å². The van der Waals surface area contributed by atoms with Crippen LogP contribution in [0.4, 0.5) is 0 Å². The van der Waals surface area contributed by atoms with E-state index in [0.29, 0.717) is 17.1 Å². The summed E-state index contributed by atoms with van der Waals surface area (Å²) in [6, 6.07) is 19.7. The Kier molecular flexibility index (Phi) is 5.60. The van der Waals surface area contributed by atoms with E-state index >= 15 is 0 Å². The van der Waals surface area contributed by atoms with Gasteiger partial charge in [-0.05, 0) is 47.0 Å². The van der Waals surface area contributed by atoms with Gasteiger partial charge < -0.3 is 10.0 Å². The molecule has 4 rings (SSSR count). The number of likely N-dealkylation sites (tertiary alicyclic amines) is 1. The lowest BCUT2D eigenvalue weighted by Gasteiger charge is -2.26. The Balaban J connectivity index is 1.95. The molecule has 0 aromatic heterocycles. The van der Waals surface area contributed by atoms with Crippen LogP contribution in [0.5, 0.6) is 0 Å². The molecule has 1 saturated heterocycles. The predicted octanol–water partition coefficient (Wildman–Crippen LogP) is 5.72. The van der Waals surface area contributed by atoms with Gasteiger partial charge in [0.15, 0.2) is 0 Å². The van der Waals surface area contributed by atoms with Crippen LogP contribution in [0.2, 0.25) is 5.02 Å². The van der Waals surface area contributed by atoms with E-state index in [-0.39, 0.29) is 11.3 Å². The van der Waals surface area contributed by atoms with Crippen molar-refractivity contribution in [3.63, 3.8) is 0 Å². The van der Waals surface area contributed by atoms with Crippen molar-refractivity contribution in [1.29, 1.82) is 0 Å². The van der Waals surface area contributed by atoms with Crippen LogP contribution in [0.25, 0.3) is 16.5 Å². The first-order chi connectivity index (χ1) is 14.5. The summed E-state index contributed by atoms with van der Waals surface area (Å²) >= 11 is 5.97. The summed E-state index contributed by atoms with van der Waals surface area (Å²) in [7, 11) is 0. The van der Waals surface area contributed by atoms with Crippen LogP contribution in [0.1, 0.15) is 36.9 Å². The number of rotatable bonds is 5. The van der Waals surface area contributed by atoms with E-state index in [1.165, 1.54) is 0 Å². The molecule has 1 amide bonds. The standard InChI is InChI=1S/C25H22ClNO3/c1-2-3-15-27-22(20-10-6-8-16-7-4-5-9-19(16)20)21(24(29)25(27)30)23(28)17-11-13-18(26)14-12-17/h4-14,22,28H,2-3,15H2,1H3/b23-21-. The number of halogens is 1. The van der Waals surface area contributed by atoms with Crippen LogP contribution in [0.3, 0.4) is 0 Å². The van der Waals surface area contributed by atoms with Crippen molar-refractivity contribution in [2.45, 2.75) is 25.8 Å². The summed E-state index contributed by atoms with van der Waals surface area (Å²) in [5.74, 6) is -1.41. The number of carbonyl (C=O) groups excluding carboxylic acids is 2. The van der Waals surface area contributed by atoms with Gasteiger partial charge >= 0.3 is 0 Å². The lowest BCUT2D eigenvalue weighted by Crippen LogP contribution is -2.30. The Hall–Kier alpha value is -3.11. The highest BCUT2D eigenvalue weighted by atomic mass is 35.5. The van der Waals surface area contributed by atoms with Gasteiger partial charge in [-0.25, -0.2) is 0 Å². The van der Waals surface area contributed by atoms with Crippen LogP contribution >= 0.6 is 11.6 Å². The Morgan fingerprint density at radius 2 is 1.70 bits per heavy atom. The second-order valence-corrected chi connectivity index (χ2v) is 7.86. The van der Waals surface area contributed by atoms with E-state index in [1.807, 2.05) is 49.4 Å². The van der Waals surface area contributed by atoms with Gasteiger partial charge in [0.05, 0.1) is 11.6 Å². The minimum atomic E-state index is -0.656. The number of fused-ring (bicyclic) bond motifs is 1. The third kappa shape index (κ3) is 3.48. The van der Waals surface area contributed by atoms with E-state index in [0.717, 1.165) is 29.2 Å². The molecule has 0 spiro atoms. The smallest absolute Gasteiger partial charge is 0.295 e. The molecule has 1 aliphatic rings. The predicted molar refractivity (Wildman–Crippen MR) is 119 cm³/mol. The van der Waals surface area contributed by atoms with Crippen LogP contribution in [-0.2, 0) is 9.59 Å². The quantitative estimate of drug-likeness (QED) is 0.327. The molecule has 5 heteroatoms.